The highest BCUT2D eigenvalue weighted by Gasteiger charge is 2.06. The van der Waals surface area contributed by atoms with Crippen molar-refractivity contribution in [2.24, 2.45) is 0 Å². The lowest BCUT2D eigenvalue weighted by Gasteiger charge is -2.12. The van der Waals surface area contributed by atoms with Crippen LogP contribution in [0, 0.1) is 6.92 Å². The lowest BCUT2D eigenvalue weighted by atomic mass is 10.2. The molecular weight excluding hydrogens is 280 g/mol. The van der Waals surface area contributed by atoms with Crippen LogP contribution in [0.25, 0.3) is 0 Å². The Morgan fingerprint density at radius 1 is 1.29 bits per heavy atom. The highest BCUT2D eigenvalue weighted by atomic mass is 79.9. The first kappa shape index (κ1) is 11.9. The van der Waals surface area contributed by atoms with E-state index < -0.39 is 0 Å². The lowest BCUT2D eigenvalue weighted by Crippen LogP contribution is -1.97. The van der Waals surface area contributed by atoms with Crippen LogP contribution in [0.5, 0.6) is 5.75 Å². The van der Waals surface area contributed by atoms with Gasteiger partial charge in [-0.1, -0.05) is 6.07 Å². The minimum absolute atomic E-state index is 0.774. The number of anilines is 2. The predicted molar refractivity (Wildman–Crippen MR) is 73.0 cm³/mol. The minimum atomic E-state index is 0.774. The Morgan fingerprint density at radius 3 is 2.82 bits per heavy atom. The average molecular weight is 293 g/mol. The molecule has 88 valence electrons. The quantitative estimate of drug-likeness (QED) is 0.931. The van der Waals surface area contributed by atoms with Crippen LogP contribution in [0.2, 0.25) is 0 Å². The van der Waals surface area contributed by atoms with Crippen molar-refractivity contribution in [3.63, 3.8) is 0 Å². The third-order valence-electron chi connectivity index (χ3n) is 2.37. The molecule has 0 aliphatic carbocycles. The number of hydrogen-bond acceptors (Lipinski definition) is 3. The van der Waals surface area contributed by atoms with E-state index >= 15 is 0 Å². The number of pyridine rings is 1. The molecular formula is C13H13BrN2O. The van der Waals surface area contributed by atoms with Crippen LogP contribution < -0.4 is 10.1 Å². The maximum absolute atomic E-state index is 5.31. The molecule has 0 bridgehead atoms. The Hall–Kier alpha value is -1.55. The topological polar surface area (TPSA) is 34.1 Å². The summed E-state index contributed by atoms with van der Waals surface area (Å²) in [7, 11) is 1.66. The number of benzene rings is 1. The van der Waals surface area contributed by atoms with Gasteiger partial charge in [0.25, 0.3) is 0 Å². The highest BCUT2D eigenvalue weighted by Crippen LogP contribution is 2.30. The zero-order valence-electron chi connectivity index (χ0n) is 9.70. The smallest absolute Gasteiger partial charge is 0.144 e. The van der Waals surface area contributed by atoms with Crippen LogP contribution in [0.3, 0.4) is 0 Å². The van der Waals surface area contributed by atoms with Gasteiger partial charge in [-0.2, -0.15) is 0 Å². The molecule has 1 heterocycles. The molecule has 2 aromatic rings. The van der Waals surface area contributed by atoms with E-state index in [4.69, 9.17) is 4.74 Å². The number of nitrogens with one attached hydrogen (secondary N) is 1. The van der Waals surface area contributed by atoms with Gasteiger partial charge in [0.1, 0.15) is 11.6 Å². The Labute approximate surface area is 109 Å². The Kier molecular flexibility index (Phi) is 3.64. The molecule has 3 nitrogen and oxygen atoms in total. The Balaban J connectivity index is 2.35. The number of ether oxygens (including phenoxy) is 1. The maximum Gasteiger partial charge on any atom is 0.144 e. The molecule has 0 amide bonds. The summed E-state index contributed by atoms with van der Waals surface area (Å²) in [4.78, 5) is 4.27. The van der Waals surface area contributed by atoms with Crippen molar-refractivity contribution >= 4 is 27.4 Å². The van der Waals surface area contributed by atoms with E-state index in [-0.39, 0.29) is 0 Å². The summed E-state index contributed by atoms with van der Waals surface area (Å²) < 4.78 is 6.23. The summed E-state index contributed by atoms with van der Waals surface area (Å²) in [6.07, 6.45) is 1.75. The largest absolute Gasteiger partial charge is 0.495 e. The van der Waals surface area contributed by atoms with Crippen LogP contribution in [0.15, 0.2) is 41.0 Å². The number of halogens is 1. The fourth-order valence-corrected chi connectivity index (χ4v) is 1.88. The first-order chi connectivity index (χ1) is 8.20. The summed E-state index contributed by atoms with van der Waals surface area (Å²) >= 11 is 3.45. The maximum atomic E-state index is 5.31. The number of nitrogens with zero attached hydrogens (tertiary/aromatic N) is 1. The van der Waals surface area contributed by atoms with Crippen LogP contribution >= 0.6 is 15.9 Å². The number of rotatable bonds is 3. The van der Waals surface area contributed by atoms with Crippen molar-refractivity contribution in [2.45, 2.75) is 6.92 Å². The van der Waals surface area contributed by atoms with E-state index in [0.29, 0.717) is 0 Å². The second-order valence-electron chi connectivity index (χ2n) is 3.66. The highest BCUT2D eigenvalue weighted by molar-refractivity contribution is 9.10. The third-order valence-corrected chi connectivity index (χ3v) is 3.01. The first-order valence-corrected chi connectivity index (χ1v) is 6.02. The molecule has 0 aliphatic heterocycles. The number of methoxy groups -OCH3 is 1. The lowest BCUT2D eigenvalue weighted by molar-refractivity contribution is 0.416. The van der Waals surface area contributed by atoms with Crippen LogP contribution in [-0.4, -0.2) is 12.1 Å². The molecule has 1 aromatic heterocycles. The Morgan fingerprint density at radius 2 is 2.12 bits per heavy atom. The molecule has 0 radical (unpaired) electrons. The van der Waals surface area contributed by atoms with E-state index in [1.165, 1.54) is 5.56 Å². The van der Waals surface area contributed by atoms with Gasteiger partial charge in [-0.05, 0) is 52.7 Å². The summed E-state index contributed by atoms with van der Waals surface area (Å²) in [5.74, 6) is 1.57. The van der Waals surface area contributed by atoms with Crippen molar-refractivity contribution in [1.82, 2.24) is 4.98 Å². The van der Waals surface area contributed by atoms with Gasteiger partial charge < -0.3 is 10.1 Å². The predicted octanol–water partition coefficient (Wildman–Crippen LogP) is 3.90. The van der Waals surface area contributed by atoms with Gasteiger partial charge >= 0.3 is 0 Å². The van der Waals surface area contributed by atoms with Gasteiger partial charge in [0.15, 0.2) is 0 Å². The summed E-state index contributed by atoms with van der Waals surface area (Å²) in [5, 5.41) is 3.25. The van der Waals surface area contributed by atoms with E-state index in [2.05, 4.69) is 26.2 Å². The molecule has 4 heteroatoms. The standard InChI is InChI=1S/C13H13BrN2O/c1-9-5-6-12(17-2)11(8-9)16-13-10(14)4-3-7-15-13/h3-8H,1-2H3,(H,15,16). The van der Waals surface area contributed by atoms with Crippen LogP contribution in [0.4, 0.5) is 11.5 Å². The van der Waals surface area contributed by atoms with E-state index in [1.807, 2.05) is 37.3 Å². The fraction of sp³-hybridized carbons (Fsp3) is 0.154. The van der Waals surface area contributed by atoms with Crippen molar-refractivity contribution in [1.29, 1.82) is 0 Å². The van der Waals surface area contributed by atoms with Crippen molar-refractivity contribution in [2.75, 3.05) is 12.4 Å². The van der Waals surface area contributed by atoms with E-state index in [9.17, 15) is 0 Å². The zero-order valence-corrected chi connectivity index (χ0v) is 11.3. The van der Waals surface area contributed by atoms with Crippen molar-refractivity contribution < 1.29 is 4.74 Å². The average Bonchev–Trinajstić information content (AvgIpc) is 2.32. The minimum Gasteiger partial charge on any atom is -0.495 e. The third kappa shape index (κ3) is 2.77. The molecule has 0 spiro atoms. The van der Waals surface area contributed by atoms with E-state index in [1.54, 1.807) is 13.3 Å². The van der Waals surface area contributed by atoms with Crippen molar-refractivity contribution in [3.8, 4) is 5.75 Å². The monoisotopic (exact) mass is 292 g/mol. The molecule has 0 saturated heterocycles. The van der Waals surface area contributed by atoms with Crippen LogP contribution in [0.1, 0.15) is 5.56 Å². The second-order valence-corrected chi connectivity index (χ2v) is 4.52. The Bertz CT molecular complexity index is 529. The zero-order chi connectivity index (χ0) is 12.3. The van der Waals surface area contributed by atoms with Gasteiger partial charge in [-0.25, -0.2) is 4.98 Å². The second kappa shape index (κ2) is 5.19. The number of aryl methyl sites for hydroxylation is 1. The molecule has 1 aromatic carbocycles. The molecule has 0 fully saturated rings. The van der Waals surface area contributed by atoms with Gasteiger partial charge in [0, 0.05) is 6.20 Å². The molecule has 17 heavy (non-hydrogen) atoms. The van der Waals surface area contributed by atoms with Gasteiger partial charge in [-0.3, -0.25) is 0 Å². The van der Waals surface area contributed by atoms with E-state index in [0.717, 1.165) is 21.7 Å². The molecule has 0 unspecified atom stereocenters. The van der Waals surface area contributed by atoms with Gasteiger partial charge in [-0.15, -0.1) is 0 Å². The van der Waals surface area contributed by atoms with Crippen LogP contribution in [-0.2, 0) is 0 Å². The normalized spacial score (nSPS) is 10.1. The first-order valence-electron chi connectivity index (χ1n) is 5.23. The fourth-order valence-electron chi connectivity index (χ4n) is 1.52. The molecule has 0 atom stereocenters. The number of aromatic nitrogens is 1. The summed E-state index contributed by atoms with van der Waals surface area (Å²) in [5.41, 5.74) is 2.08. The SMILES string of the molecule is COc1ccc(C)cc1Nc1ncccc1Br. The molecule has 1 N–H and O–H groups in total. The molecule has 0 aliphatic rings. The summed E-state index contributed by atoms with van der Waals surface area (Å²) in [6, 6.07) is 9.80. The van der Waals surface area contributed by atoms with Gasteiger partial charge in [0.05, 0.1) is 17.3 Å². The molecule has 0 saturated carbocycles. The van der Waals surface area contributed by atoms with Crippen molar-refractivity contribution in [3.05, 3.63) is 46.6 Å². The van der Waals surface area contributed by atoms with Gasteiger partial charge in [0.2, 0.25) is 0 Å². The molecule has 2 rings (SSSR count). The number of hydrogen-bond donors (Lipinski definition) is 1. The summed E-state index contributed by atoms with van der Waals surface area (Å²) in [6.45, 7) is 2.04.